The van der Waals surface area contributed by atoms with E-state index in [1.807, 2.05) is 6.92 Å². The number of nitrogens with zero attached hydrogens (tertiary/aromatic N) is 2. The summed E-state index contributed by atoms with van der Waals surface area (Å²) in [7, 11) is 2.28. The molecule has 0 amide bonds. The molecule has 1 aliphatic carbocycles. The van der Waals surface area contributed by atoms with Gasteiger partial charge in [-0.1, -0.05) is 0 Å². The van der Waals surface area contributed by atoms with Gasteiger partial charge in [-0.15, -0.1) is 0 Å². The molecule has 1 unspecified atom stereocenters. The van der Waals surface area contributed by atoms with Crippen molar-refractivity contribution < 1.29 is 9.15 Å². The minimum Gasteiger partial charge on any atom is -0.465 e. The van der Waals surface area contributed by atoms with Gasteiger partial charge in [-0.2, -0.15) is 0 Å². The molecule has 3 aliphatic rings. The topological polar surface area (TPSA) is 28.9 Å². The molecule has 0 N–H and O–H groups in total. The van der Waals surface area contributed by atoms with Crippen LogP contribution in [0.25, 0.3) is 0 Å². The fraction of sp³-hybridized carbons (Fsp3) is 0.800. The summed E-state index contributed by atoms with van der Waals surface area (Å²) in [5.41, 5.74) is 0.480. The molecule has 1 aromatic rings. The van der Waals surface area contributed by atoms with Crippen LogP contribution >= 0.6 is 0 Å². The Bertz CT molecular complexity index is 544. The smallest absolute Gasteiger partial charge is 0.118 e. The SMILES string of the molecule is Cc1ccc(CN2CCC3(CC2)CN(C)CC3COCC2CC2)o1. The van der Waals surface area contributed by atoms with Crippen molar-refractivity contribution in [2.45, 2.75) is 39.2 Å². The van der Waals surface area contributed by atoms with Crippen LogP contribution in [0.4, 0.5) is 0 Å². The van der Waals surface area contributed by atoms with Crippen molar-refractivity contribution in [2.24, 2.45) is 17.3 Å². The molecular formula is C20H32N2O2. The Hall–Kier alpha value is -0.840. The standard InChI is InChI=1S/C20H32N2O2/c1-16-3-6-19(24-16)12-22-9-7-20(8-10-22)15-21(2)11-18(20)14-23-13-17-4-5-17/h3,6,17-18H,4-5,7-15H2,1-2H3. The third kappa shape index (κ3) is 3.71. The molecule has 1 saturated carbocycles. The zero-order valence-electron chi connectivity index (χ0n) is 15.3. The van der Waals surface area contributed by atoms with Gasteiger partial charge < -0.3 is 14.1 Å². The maximum Gasteiger partial charge on any atom is 0.118 e. The average Bonchev–Trinajstić information content (AvgIpc) is 3.21. The highest BCUT2D eigenvalue weighted by Gasteiger charge is 2.47. The van der Waals surface area contributed by atoms with Crippen molar-refractivity contribution in [1.29, 1.82) is 0 Å². The second-order valence-electron chi connectivity index (χ2n) is 8.53. The summed E-state index contributed by atoms with van der Waals surface area (Å²) in [6.07, 6.45) is 5.37. The van der Waals surface area contributed by atoms with E-state index in [2.05, 4.69) is 29.0 Å². The average molecular weight is 332 g/mol. The van der Waals surface area contributed by atoms with Gasteiger partial charge in [-0.05, 0) is 76.2 Å². The predicted octanol–water partition coefficient (Wildman–Crippen LogP) is 3.16. The molecule has 4 nitrogen and oxygen atoms in total. The van der Waals surface area contributed by atoms with Gasteiger partial charge in [-0.3, -0.25) is 4.90 Å². The third-order valence-electron chi connectivity index (χ3n) is 6.38. The van der Waals surface area contributed by atoms with Crippen LogP contribution in [0.15, 0.2) is 16.5 Å². The van der Waals surface area contributed by atoms with Crippen molar-refractivity contribution >= 4 is 0 Å². The molecule has 0 bridgehead atoms. The van der Waals surface area contributed by atoms with E-state index in [1.165, 1.54) is 51.9 Å². The normalized spacial score (nSPS) is 28.0. The minimum atomic E-state index is 0.480. The first-order valence-corrected chi connectivity index (χ1v) is 9.67. The zero-order chi connectivity index (χ0) is 16.6. The number of aryl methyl sites for hydroxylation is 1. The lowest BCUT2D eigenvalue weighted by Crippen LogP contribution is -2.44. The Morgan fingerprint density at radius 1 is 1.21 bits per heavy atom. The Labute approximate surface area is 146 Å². The summed E-state index contributed by atoms with van der Waals surface area (Å²) in [6.45, 7) is 9.79. The molecule has 134 valence electrons. The second-order valence-corrected chi connectivity index (χ2v) is 8.53. The molecule has 0 aromatic carbocycles. The molecule has 3 heterocycles. The molecule has 1 aromatic heterocycles. The van der Waals surface area contributed by atoms with Gasteiger partial charge in [0.2, 0.25) is 0 Å². The summed E-state index contributed by atoms with van der Waals surface area (Å²) < 4.78 is 11.8. The molecule has 2 saturated heterocycles. The molecule has 1 atom stereocenters. The van der Waals surface area contributed by atoms with Gasteiger partial charge in [0.1, 0.15) is 11.5 Å². The Balaban J connectivity index is 1.31. The number of piperidine rings is 1. The fourth-order valence-corrected chi connectivity index (χ4v) is 4.71. The van der Waals surface area contributed by atoms with Crippen LogP contribution in [0.5, 0.6) is 0 Å². The van der Waals surface area contributed by atoms with Gasteiger partial charge in [0, 0.05) is 25.6 Å². The van der Waals surface area contributed by atoms with E-state index < -0.39 is 0 Å². The van der Waals surface area contributed by atoms with Crippen molar-refractivity contribution in [3.63, 3.8) is 0 Å². The van der Waals surface area contributed by atoms with E-state index in [0.717, 1.165) is 37.2 Å². The van der Waals surface area contributed by atoms with Crippen molar-refractivity contribution in [3.8, 4) is 0 Å². The Morgan fingerprint density at radius 3 is 2.67 bits per heavy atom. The van der Waals surface area contributed by atoms with E-state index in [4.69, 9.17) is 9.15 Å². The number of likely N-dealkylation sites (tertiary alicyclic amines) is 2. The van der Waals surface area contributed by atoms with Gasteiger partial charge in [-0.25, -0.2) is 0 Å². The van der Waals surface area contributed by atoms with E-state index in [9.17, 15) is 0 Å². The third-order valence-corrected chi connectivity index (χ3v) is 6.38. The number of furan rings is 1. The lowest BCUT2D eigenvalue weighted by molar-refractivity contribution is 0.0155. The first kappa shape index (κ1) is 16.6. The van der Waals surface area contributed by atoms with Crippen LogP contribution < -0.4 is 0 Å². The molecule has 24 heavy (non-hydrogen) atoms. The van der Waals surface area contributed by atoms with Crippen LogP contribution in [0.3, 0.4) is 0 Å². The van der Waals surface area contributed by atoms with Gasteiger partial charge in [0.05, 0.1) is 13.2 Å². The monoisotopic (exact) mass is 332 g/mol. The highest BCUT2D eigenvalue weighted by Crippen LogP contribution is 2.44. The quantitative estimate of drug-likeness (QED) is 0.800. The first-order chi connectivity index (χ1) is 11.6. The maximum atomic E-state index is 6.09. The van der Waals surface area contributed by atoms with E-state index >= 15 is 0 Å². The highest BCUT2D eigenvalue weighted by atomic mass is 16.5. The summed E-state index contributed by atoms with van der Waals surface area (Å²) in [5, 5.41) is 0. The van der Waals surface area contributed by atoms with Gasteiger partial charge >= 0.3 is 0 Å². The summed E-state index contributed by atoms with van der Waals surface area (Å²) >= 11 is 0. The molecule has 3 fully saturated rings. The summed E-state index contributed by atoms with van der Waals surface area (Å²) in [5.74, 6) is 3.72. The number of hydrogen-bond acceptors (Lipinski definition) is 4. The zero-order valence-corrected chi connectivity index (χ0v) is 15.3. The molecule has 1 spiro atoms. The molecular weight excluding hydrogens is 300 g/mol. The Morgan fingerprint density at radius 2 is 2.00 bits per heavy atom. The summed E-state index contributed by atoms with van der Waals surface area (Å²) in [6, 6.07) is 4.19. The van der Waals surface area contributed by atoms with Crippen LogP contribution in [0.2, 0.25) is 0 Å². The Kier molecular flexibility index (Phi) is 4.72. The predicted molar refractivity (Wildman–Crippen MR) is 94.9 cm³/mol. The fourth-order valence-electron chi connectivity index (χ4n) is 4.71. The van der Waals surface area contributed by atoms with Crippen LogP contribution in [0, 0.1) is 24.2 Å². The number of rotatable bonds is 6. The van der Waals surface area contributed by atoms with Crippen molar-refractivity contribution in [1.82, 2.24) is 9.80 Å². The minimum absolute atomic E-state index is 0.480. The first-order valence-electron chi connectivity index (χ1n) is 9.67. The maximum absolute atomic E-state index is 6.09. The van der Waals surface area contributed by atoms with E-state index in [0.29, 0.717) is 11.3 Å². The van der Waals surface area contributed by atoms with Crippen LogP contribution in [0.1, 0.15) is 37.2 Å². The number of ether oxygens (including phenoxy) is 1. The highest BCUT2D eigenvalue weighted by molar-refractivity contribution is 5.06. The molecule has 4 rings (SSSR count). The van der Waals surface area contributed by atoms with Crippen molar-refractivity contribution in [2.75, 3.05) is 46.4 Å². The number of hydrogen-bond donors (Lipinski definition) is 0. The van der Waals surface area contributed by atoms with E-state index in [-0.39, 0.29) is 0 Å². The second kappa shape index (κ2) is 6.81. The molecule has 4 heteroatoms. The van der Waals surface area contributed by atoms with Gasteiger partial charge in [0.25, 0.3) is 0 Å². The van der Waals surface area contributed by atoms with Crippen LogP contribution in [-0.4, -0.2) is 56.2 Å². The largest absolute Gasteiger partial charge is 0.465 e. The molecule has 0 radical (unpaired) electrons. The van der Waals surface area contributed by atoms with Crippen molar-refractivity contribution in [3.05, 3.63) is 23.7 Å². The molecule has 2 aliphatic heterocycles. The van der Waals surface area contributed by atoms with Crippen LogP contribution in [-0.2, 0) is 11.3 Å². The summed E-state index contributed by atoms with van der Waals surface area (Å²) in [4.78, 5) is 5.08. The van der Waals surface area contributed by atoms with Gasteiger partial charge in [0.15, 0.2) is 0 Å². The lowest BCUT2D eigenvalue weighted by atomic mass is 9.71. The van der Waals surface area contributed by atoms with E-state index in [1.54, 1.807) is 0 Å². The lowest BCUT2D eigenvalue weighted by Gasteiger charge is -2.42.